The van der Waals surface area contributed by atoms with E-state index in [9.17, 15) is 4.79 Å². The Morgan fingerprint density at radius 3 is 2.95 bits per heavy atom. The summed E-state index contributed by atoms with van der Waals surface area (Å²) in [5, 5.41) is 8.15. The number of para-hydroxylation sites is 1. The van der Waals surface area contributed by atoms with Crippen LogP contribution in [0.25, 0.3) is 10.9 Å². The predicted octanol–water partition coefficient (Wildman–Crippen LogP) is 3.20. The molecule has 2 N–H and O–H groups in total. The van der Waals surface area contributed by atoms with Crippen molar-refractivity contribution >= 4 is 28.1 Å². The van der Waals surface area contributed by atoms with Crippen LogP contribution in [-0.4, -0.2) is 17.4 Å². The Bertz CT molecular complexity index is 652. The summed E-state index contributed by atoms with van der Waals surface area (Å²) < 4.78 is 0. The van der Waals surface area contributed by atoms with Crippen LogP contribution in [0.15, 0.2) is 47.2 Å². The van der Waals surface area contributed by atoms with Crippen LogP contribution in [0.2, 0.25) is 0 Å². The van der Waals surface area contributed by atoms with Crippen molar-refractivity contribution < 1.29 is 4.79 Å². The number of amides is 1. The van der Waals surface area contributed by atoms with Crippen LogP contribution in [0.4, 0.5) is 0 Å². The molecular weight excluding hydrogens is 256 g/mol. The highest BCUT2D eigenvalue weighted by Crippen LogP contribution is 2.14. The van der Waals surface area contributed by atoms with E-state index in [1.54, 1.807) is 11.3 Å². The molecule has 0 fully saturated rings. The van der Waals surface area contributed by atoms with Crippen molar-refractivity contribution in [3.8, 4) is 0 Å². The lowest BCUT2D eigenvalue weighted by Gasteiger charge is -2.02. The van der Waals surface area contributed by atoms with Gasteiger partial charge in [-0.25, -0.2) is 0 Å². The maximum Gasteiger partial charge on any atom is 0.267 e. The third-order valence-electron chi connectivity index (χ3n) is 3.05. The van der Waals surface area contributed by atoms with E-state index in [1.807, 2.05) is 30.3 Å². The fourth-order valence-electron chi connectivity index (χ4n) is 2.05. The first kappa shape index (κ1) is 12.0. The van der Waals surface area contributed by atoms with Gasteiger partial charge in [-0.15, -0.1) is 0 Å². The van der Waals surface area contributed by atoms with Crippen molar-refractivity contribution in [2.45, 2.75) is 6.42 Å². The molecule has 0 radical (unpaired) electrons. The van der Waals surface area contributed by atoms with Gasteiger partial charge >= 0.3 is 0 Å². The van der Waals surface area contributed by atoms with Crippen molar-refractivity contribution in [3.63, 3.8) is 0 Å². The number of carbonyl (C=O) groups excluding carboxylic acids is 1. The number of benzene rings is 1. The fraction of sp³-hybridized carbons (Fsp3) is 0.133. The van der Waals surface area contributed by atoms with Gasteiger partial charge in [-0.05, 0) is 40.9 Å². The summed E-state index contributed by atoms with van der Waals surface area (Å²) in [6.45, 7) is 0.658. The molecule has 0 aliphatic carbocycles. The Kier molecular flexibility index (Phi) is 3.33. The van der Waals surface area contributed by atoms with E-state index < -0.39 is 0 Å². The molecule has 2 heterocycles. The summed E-state index contributed by atoms with van der Waals surface area (Å²) in [6.07, 6.45) is 0.871. The minimum Gasteiger partial charge on any atom is -0.351 e. The molecule has 2 aromatic heterocycles. The van der Waals surface area contributed by atoms with Gasteiger partial charge in [0.25, 0.3) is 5.91 Å². The predicted molar refractivity (Wildman–Crippen MR) is 78.7 cm³/mol. The Morgan fingerprint density at radius 2 is 2.16 bits per heavy atom. The zero-order chi connectivity index (χ0) is 13.1. The van der Waals surface area contributed by atoms with Crippen LogP contribution >= 0.6 is 11.3 Å². The molecule has 3 aromatic rings. The van der Waals surface area contributed by atoms with Crippen LogP contribution < -0.4 is 5.32 Å². The minimum absolute atomic E-state index is 0.0496. The number of H-pyrrole nitrogens is 1. The molecule has 0 atom stereocenters. The molecule has 96 valence electrons. The molecular formula is C15H14N2OS. The maximum atomic E-state index is 12.0. The Labute approximate surface area is 115 Å². The van der Waals surface area contributed by atoms with Gasteiger partial charge in [0.2, 0.25) is 0 Å². The Balaban J connectivity index is 1.63. The molecule has 0 bridgehead atoms. The van der Waals surface area contributed by atoms with Gasteiger partial charge in [0.05, 0.1) is 0 Å². The summed E-state index contributed by atoms with van der Waals surface area (Å²) in [5.74, 6) is -0.0496. The molecule has 0 saturated carbocycles. The fourth-order valence-corrected chi connectivity index (χ4v) is 2.75. The summed E-state index contributed by atoms with van der Waals surface area (Å²) in [6, 6.07) is 11.9. The van der Waals surface area contributed by atoms with Gasteiger partial charge in [0.15, 0.2) is 0 Å². The molecule has 0 aliphatic rings. The van der Waals surface area contributed by atoms with Gasteiger partial charge in [0, 0.05) is 17.4 Å². The van der Waals surface area contributed by atoms with Crippen molar-refractivity contribution in [2.24, 2.45) is 0 Å². The second kappa shape index (κ2) is 5.28. The lowest BCUT2D eigenvalue weighted by atomic mass is 10.2. The summed E-state index contributed by atoms with van der Waals surface area (Å²) in [4.78, 5) is 15.1. The molecule has 0 unspecified atom stereocenters. The normalized spacial score (nSPS) is 10.7. The van der Waals surface area contributed by atoms with Crippen LogP contribution in [-0.2, 0) is 6.42 Å². The SMILES string of the molecule is O=C(NCCc1ccsc1)c1cc2ccccc2[nH]1. The summed E-state index contributed by atoms with van der Waals surface area (Å²) in [7, 11) is 0. The van der Waals surface area contributed by atoms with Crippen molar-refractivity contribution in [2.75, 3.05) is 6.54 Å². The number of aromatic nitrogens is 1. The van der Waals surface area contributed by atoms with Gasteiger partial charge < -0.3 is 10.3 Å². The molecule has 19 heavy (non-hydrogen) atoms. The maximum absolute atomic E-state index is 12.0. The highest BCUT2D eigenvalue weighted by molar-refractivity contribution is 7.07. The monoisotopic (exact) mass is 270 g/mol. The lowest BCUT2D eigenvalue weighted by molar-refractivity contribution is 0.0950. The number of hydrogen-bond donors (Lipinski definition) is 2. The van der Waals surface area contributed by atoms with E-state index in [1.165, 1.54) is 5.56 Å². The second-order valence-electron chi connectivity index (χ2n) is 4.41. The van der Waals surface area contributed by atoms with Gasteiger partial charge in [-0.1, -0.05) is 18.2 Å². The van der Waals surface area contributed by atoms with Crippen LogP contribution in [0.3, 0.4) is 0 Å². The van der Waals surface area contributed by atoms with Crippen LogP contribution in [0.5, 0.6) is 0 Å². The Morgan fingerprint density at radius 1 is 1.26 bits per heavy atom. The number of nitrogens with one attached hydrogen (secondary N) is 2. The number of hydrogen-bond acceptors (Lipinski definition) is 2. The first-order valence-electron chi connectivity index (χ1n) is 6.20. The quantitative estimate of drug-likeness (QED) is 0.751. The zero-order valence-electron chi connectivity index (χ0n) is 10.3. The molecule has 0 spiro atoms. The number of carbonyl (C=O) groups is 1. The van der Waals surface area contributed by atoms with Crippen LogP contribution in [0, 0.1) is 0 Å². The molecule has 4 heteroatoms. The molecule has 0 aliphatic heterocycles. The average molecular weight is 270 g/mol. The van der Waals surface area contributed by atoms with Crippen molar-refractivity contribution in [3.05, 3.63) is 58.4 Å². The molecule has 0 saturated heterocycles. The number of aromatic amines is 1. The first-order chi connectivity index (χ1) is 9.33. The van der Waals surface area contributed by atoms with Crippen molar-refractivity contribution in [1.29, 1.82) is 0 Å². The number of rotatable bonds is 4. The highest BCUT2D eigenvalue weighted by Gasteiger charge is 2.08. The zero-order valence-corrected chi connectivity index (χ0v) is 11.2. The van der Waals surface area contributed by atoms with Crippen molar-refractivity contribution in [1.82, 2.24) is 10.3 Å². The smallest absolute Gasteiger partial charge is 0.267 e. The van der Waals surface area contributed by atoms with E-state index in [4.69, 9.17) is 0 Å². The average Bonchev–Trinajstić information content (AvgIpc) is 3.07. The van der Waals surface area contributed by atoms with Gasteiger partial charge in [0.1, 0.15) is 5.69 Å². The van der Waals surface area contributed by atoms with Crippen LogP contribution in [0.1, 0.15) is 16.1 Å². The molecule has 3 rings (SSSR count). The molecule has 1 amide bonds. The molecule has 3 nitrogen and oxygen atoms in total. The third kappa shape index (κ3) is 2.69. The standard InChI is InChI=1S/C15H14N2OS/c18-15(16-7-5-11-6-8-19-10-11)14-9-12-3-1-2-4-13(12)17-14/h1-4,6,8-10,17H,5,7H2,(H,16,18). The van der Waals surface area contributed by atoms with E-state index in [0.717, 1.165) is 17.3 Å². The van der Waals surface area contributed by atoms with E-state index in [2.05, 4.69) is 27.1 Å². The molecule has 1 aromatic carbocycles. The number of thiophene rings is 1. The Hall–Kier alpha value is -2.07. The van der Waals surface area contributed by atoms with E-state index in [-0.39, 0.29) is 5.91 Å². The summed E-state index contributed by atoms with van der Waals surface area (Å²) >= 11 is 1.68. The largest absolute Gasteiger partial charge is 0.351 e. The van der Waals surface area contributed by atoms with E-state index >= 15 is 0 Å². The van der Waals surface area contributed by atoms with E-state index in [0.29, 0.717) is 12.2 Å². The lowest BCUT2D eigenvalue weighted by Crippen LogP contribution is -2.25. The van der Waals surface area contributed by atoms with Gasteiger partial charge in [-0.3, -0.25) is 4.79 Å². The number of fused-ring (bicyclic) bond motifs is 1. The first-order valence-corrected chi connectivity index (χ1v) is 7.14. The van der Waals surface area contributed by atoms with Gasteiger partial charge in [-0.2, -0.15) is 11.3 Å². The third-order valence-corrected chi connectivity index (χ3v) is 3.79. The highest BCUT2D eigenvalue weighted by atomic mass is 32.1. The topological polar surface area (TPSA) is 44.9 Å². The second-order valence-corrected chi connectivity index (χ2v) is 5.19. The minimum atomic E-state index is -0.0496. The summed E-state index contributed by atoms with van der Waals surface area (Å²) in [5.41, 5.74) is 2.87.